The third kappa shape index (κ3) is 4.74. The van der Waals surface area contributed by atoms with Crippen molar-refractivity contribution in [2.45, 2.75) is 24.8 Å². The molecule has 0 bridgehead atoms. The minimum absolute atomic E-state index is 0.175. The average molecular weight is 455 g/mol. The largest absolute Gasteiger partial charge is 0.343 e. The van der Waals surface area contributed by atoms with Crippen LogP contribution in [0.5, 0.6) is 0 Å². The molecule has 0 spiro atoms. The minimum atomic E-state index is -3.28. The van der Waals surface area contributed by atoms with Crippen molar-refractivity contribution in [1.82, 2.24) is 14.8 Å². The first-order valence-corrected chi connectivity index (χ1v) is 11.6. The SMILES string of the molecule is Cc1cc(-c2ccc(S(C)(=O)=O)cc2)sc1Cn1c(CC(CN)=C(F)F)n[nH]c1=O. The normalized spacial score (nSPS) is 11.6. The van der Waals surface area contributed by atoms with Gasteiger partial charge in [-0.2, -0.15) is 13.9 Å². The van der Waals surface area contributed by atoms with E-state index in [9.17, 15) is 22.0 Å². The first-order chi connectivity index (χ1) is 14.1. The van der Waals surface area contributed by atoms with E-state index in [1.54, 1.807) is 24.3 Å². The van der Waals surface area contributed by atoms with Crippen molar-refractivity contribution in [2.24, 2.45) is 5.73 Å². The monoisotopic (exact) mass is 454 g/mol. The number of hydrogen-bond acceptors (Lipinski definition) is 6. The molecule has 0 fully saturated rings. The van der Waals surface area contributed by atoms with Gasteiger partial charge in [0.1, 0.15) is 5.82 Å². The Balaban J connectivity index is 1.90. The van der Waals surface area contributed by atoms with E-state index in [1.165, 1.54) is 15.9 Å². The summed E-state index contributed by atoms with van der Waals surface area (Å²) < 4.78 is 50.5. The first-order valence-electron chi connectivity index (χ1n) is 8.87. The fourth-order valence-electron chi connectivity index (χ4n) is 2.88. The van der Waals surface area contributed by atoms with Crippen molar-refractivity contribution in [2.75, 3.05) is 12.8 Å². The summed E-state index contributed by atoms with van der Waals surface area (Å²) >= 11 is 1.44. The molecule has 0 radical (unpaired) electrons. The molecule has 0 saturated carbocycles. The lowest BCUT2D eigenvalue weighted by atomic mass is 10.1. The van der Waals surface area contributed by atoms with E-state index in [-0.39, 0.29) is 35.8 Å². The molecule has 160 valence electrons. The predicted octanol–water partition coefficient (Wildman–Crippen LogP) is 2.71. The van der Waals surface area contributed by atoms with Gasteiger partial charge < -0.3 is 5.73 Å². The molecule has 2 aromatic heterocycles. The lowest BCUT2D eigenvalue weighted by Gasteiger charge is -2.06. The summed E-state index contributed by atoms with van der Waals surface area (Å²) in [5, 5.41) is 6.16. The molecule has 3 rings (SSSR count). The molecule has 0 aliphatic carbocycles. The average Bonchev–Trinajstić information content (AvgIpc) is 3.22. The summed E-state index contributed by atoms with van der Waals surface area (Å²) in [5.41, 5.74) is 6.36. The molecule has 0 saturated heterocycles. The van der Waals surface area contributed by atoms with Crippen molar-refractivity contribution < 1.29 is 17.2 Å². The molecule has 0 aliphatic rings. The Kier molecular flexibility index (Phi) is 6.34. The molecular formula is C19H20F2N4O3S2. The Hall–Kier alpha value is -2.63. The zero-order valence-electron chi connectivity index (χ0n) is 16.3. The quantitative estimate of drug-likeness (QED) is 0.570. The molecule has 3 N–H and O–H groups in total. The van der Waals surface area contributed by atoms with Crippen LogP contribution in [0, 0.1) is 6.92 Å². The van der Waals surface area contributed by atoms with Gasteiger partial charge in [0.05, 0.1) is 11.4 Å². The van der Waals surface area contributed by atoms with Crippen LogP contribution in [0.1, 0.15) is 16.3 Å². The van der Waals surface area contributed by atoms with Gasteiger partial charge in [0.25, 0.3) is 6.08 Å². The third-order valence-corrected chi connectivity index (χ3v) is 7.01. The highest BCUT2D eigenvalue weighted by molar-refractivity contribution is 7.90. The topological polar surface area (TPSA) is 111 Å². The first kappa shape index (κ1) is 22.1. The van der Waals surface area contributed by atoms with E-state index < -0.39 is 21.6 Å². The lowest BCUT2D eigenvalue weighted by Crippen LogP contribution is -2.20. The van der Waals surface area contributed by atoms with E-state index in [0.717, 1.165) is 27.1 Å². The molecule has 0 aliphatic heterocycles. The number of rotatable bonds is 7. The second-order valence-corrected chi connectivity index (χ2v) is 9.94. The Morgan fingerprint density at radius 2 is 1.93 bits per heavy atom. The number of nitrogens with zero attached hydrogens (tertiary/aromatic N) is 2. The maximum Gasteiger partial charge on any atom is 0.343 e. The molecule has 2 heterocycles. The molecule has 30 heavy (non-hydrogen) atoms. The molecule has 0 unspecified atom stereocenters. The van der Waals surface area contributed by atoms with Crippen LogP contribution in [0.3, 0.4) is 0 Å². The van der Waals surface area contributed by atoms with Gasteiger partial charge in [0, 0.05) is 34.5 Å². The van der Waals surface area contributed by atoms with Crippen LogP contribution < -0.4 is 11.4 Å². The van der Waals surface area contributed by atoms with E-state index in [1.807, 2.05) is 13.0 Å². The van der Waals surface area contributed by atoms with Crippen molar-refractivity contribution in [3.05, 3.63) is 68.7 Å². The van der Waals surface area contributed by atoms with E-state index in [0.29, 0.717) is 0 Å². The van der Waals surface area contributed by atoms with Crippen LogP contribution in [-0.4, -0.2) is 36.0 Å². The summed E-state index contributed by atoms with van der Waals surface area (Å²) in [6.45, 7) is 1.74. The number of H-pyrrole nitrogens is 1. The smallest absolute Gasteiger partial charge is 0.327 e. The number of sulfone groups is 1. The molecule has 1 aromatic carbocycles. The Bertz CT molecular complexity index is 1250. The van der Waals surface area contributed by atoms with Gasteiger partial charge in [0.15, 0.2) is 9.84 Å². The second-order valence-electron chi connectivity index (χ2n) is 6.79. The lowest BCUT2D eigenvalue weighted by molar-refractivity contribution is 0.407. The number of aromatic nitrogens is 3. The number of aromatic amines is 1. The van der Waals surface area contributed by atoms with Gasteiger partial charge in [-0.05, 0) is 36.2 Å². The Morgan fingerprint density at radius 1 is 1.27 bits per heavy atom. The predicted molar refractivity (Wildman–Crippen MR) is 112 cm³/mol. The van der Waals surface area contributed by atoms with Crippen molar-refractivity contribution >= 4 is 21.2 Å². The van der Waals surface area contributed by atoms with Crippen molar-refractivity contribution in [3.63, 3.8) is 0 Å². The fraction of sp³-hybridized carbons (Fsp3) is 0.263. The maximum atomic E-state index is 12.9. The van der Waals surface area contributed by atoms with E-state index in [2.05, 4.69) is 10.2 Å². The van der Waals surface area contributed by atoms with Crippen LogP contribution in [-0.2, 0) is 22.8 Å². The van der Waals surface area contributed by atoms with Gasteiger partial charge in [-0.25, -0.2) is 18.3 Å². The standard InChI is InChI=1S/C19H20F2N4O3S2/c1-11-7-15(12-3-5-14(6-4-12)30(2,27)28)29-16(11)10-25-17(23-24-19(25)26)8-13(9-22)18(20)21/h3-7H,8-10,22H2,1-2H3,(H,24,26). The zero-order valence-corrected chi connectivity index (χ0v) is 17.9. The number of benzene rings is 1. The summed E-state index contributed by atoms with van der Waals surface area (Å²) in [4.78, 5) is 14.2. The van der Waals surface area contributed by atoms with Gasteiger partial charge in [-0.1, -0.05) is 12.1 Å². The molecule has 7 nitrogen and oxygen atoms in total. The van der Waals surface area contributed by atoms with E-state index >= 15 is 0 Å². The van der Waals surface area contributed by atoms with Gasteiger partial charge in [0.2, 0.25) is 0 Å². The highest BCUT2D eigenvalue weighted by Gasteiger charge is 2.16. The second kappa shape index (κ2) is 8.62. The molecule has 0 amide bonds. The molecule has 11 heteroatoms. The van der Waals surface area contributed by atoms with Crippen LogP contribution >= 0.6 is 11.3 Å². The van der Waals surface area contributed by atoms with Gasteiger partial charge in [-0.15, -0.1) is 11.3 Å². The number of aryl methyl sites for hydroxylation is 1. The van der Waals surface area contributed by atoms with Gasteiger partial charge >= 0.3 is 5.69 Å². The molecular weight excluding hydrogens is 434 g/mol. The third-order valence-electron chi connectivity index (χ3n) is 4.61. The Labute approximate surface area is 175 Å². The van der Waals surface area contributed by atoms with Crippen molar-refractivity contribution in [3.8, 4) is 10.4 Å². The Morgan fingerprint density at radius 3 is 2.50 bits per heavy atom. The highest BCUT2D eigenvalue weighted by atomic mass is 32.2. The summed E-state index contributed by atoms with van der Waals surface area (Å²) in [7, 11) is -3.28. The molecule has 0 atom stereocenters. The number of hydrogen-bond donors (Lipinski definition) is 2. The fourth-order valence-corrected chi connectivity index (χ4v) is 4.68. The maximum absolute atomic E-state index is 12.9. The zero-order chi connectivity index (χ0) is 22.1. The summed E-state index contributed by atoms with van der Waals surface area (Å²) in [6.07, 6.45) is -0.941. The van der Waals surface area contributed by atoms with Crippen LogP contribution in [0.25, 0.3) is 10.4 Å². The summed E-state index contributed by atoms with van der Waals surface area (Å²) in [5.74, 6) is 0.181. The number of halogens is 2. The van der Waals surface area contributed by atoms with Crippen LogP contribution in [0.4, 0.5) is 8.78 Å². The van der Waals surface area contributed by atoms with Gasteiger partial charge in [-0.3, -0.25) is 4.57 Å². The number of thiophene rings is 1. The summed E-state index contributed by atoms with van der Waals surface area (Å²) in [6, 6.07) is 8.48. The highest BCUT2D eigenvalue weighted by Crippen LogP contribution is 2.32. The van der Waals surface area contributed by atoms with Crippen LogP contribution in [0.15, 0.2) is 51.7 Å². The van der Waals surface area contributed by atoms with Crippen molar-refractivity contribution in [1.29, 1.82) is 0 Å². The molecule has 3 aromatic rings. The van der Waals surface area contributed by atoms with E-state index in [4.69, 9.17) is 5.73 Å². The van der Waals surface area contributed by atoms with Crippen LogP contribution in [0.2, 0.25) is 0 Å². The number of nitrogens with two attached hydrogens (primary N) is 1. The number of nitrogens with one attached hydrogen (secondary N) is 1. The minimum Gasteiger partial charge on any atom is -0.327 e.